The number of sulfonamides is 1. The third-order valence-corrected chi connectivity index (χ3v) is 6.16. The van der Waals surface area contributed by atoms with E-state index in [4.69, 9.17) is 0 Å². The van der Waals surface area contributed by atoms with Crippen molar-refractivity contribution in [3.63, 3.8) is 0 Å². The van der Waals surface area contributed by atoms with Crippen LogP contribution in [0.5, 0.6) is 0 Å². The summed E-state index contributed by atoms with van der Waals surface area (Å²) in [6, 6.07) is 14.2. The monoisotopic (exact) mass is 452 g/mol. The van der Waals surface area contributed by atoms with Crippen molar-refractivity contribution in [1.82, 2.24) is 10.0 Å². The maximum Gasteiger partial charge on any atom is 0.240 e. The number of rotatable bonds is 8. The van der Waals surface area contributed by atoms with Crippen LogP contribution in [-0.4, -0.2) is 20.4 Å². The third-order valence-electron chi connectivity index (χ3n) is 3.99. The molecule has 5 nitrogen and oxygen atoms in total. The zero-order chi connectivity index (χ0) is 20.0. The minimum Gasteiger partial charge on any atom is -0.350 e. The quantitative estimate of drug-likeness (QED) is 0.636. The van der Waals surface area contributed by atoms with E-state index in [-0.39, 0.29) is 22.9 Å². The van der Waals surface area contributed by atoms with E-state index in [9.17, 15) is 13.2 Å². The molecule has 2 rings (SSSR count). The average molecular weight is 453 g/mol. The predicted octanol–water partition coefficient (Wildman–Crippen LogP) is 3.95. The van der Waals surface area contributed by atoms with Gasteiger partial charge in [0.2, 0.25) is 15.9 Å². The molecule has 0 saturated carbocycles. The Labute approximate surface area is 169 Å². The highest BCUT2D eigenvalue weighted by Crippen LogP contribution is 2.18. The Morgan fingerprint density at radius 1 is 1.07 bits per heavy atom. The molecule has 0 aliphatic rings. The van der Waals surface area contributed by atoms with Crippen LogP contribution in [0.25, 0.3) is 0 Å². The predicted molar refractivity (Wildman–Crippen MR) is 111 cm³/mol. The Morgan fingerprint density at radius 3 is 2.33 bits per heavy atom. The lowest BCUT2D eigenvalue weighted by Gasteiger charge is -2.15. The molecule has 0 fully saturated rings. The van der Waals surface area contributed by atoms with Crippen LogP contribution in [0.3, 0.4) is 0 Å². The van der Waals surface area contributed by atoms with Gasteiger partial charge in [-0.3, -0.25) is 4.79 Å². The Morgan fingerprint density at radius 2 is 1.74 bits per heavy atom. The first-order valence-electron chi connectivity index (χ1n) is 8.83. The van der Waals surface area contributed by atoms with Gasteiger partial charge in [0, 0.05) is 16.9 Å². The van der Waals surface area contributed by atoms with Gasteiger partial charge >= 0.3 is 0 Å². The summed E-state index contributed by atoms with van der Waals surface area (Å²) in [4.78, 5) is 12.4. The number of nitrogens with one attached hydrogen (secondary N) is 2. The Kier molecular flexibility index (Phi) is 7.59. The van der Waals surface area contributed by atoms with E-state index in [1.165, 1.54) is 0 Å². The van der Waals surface area contributed by atoms with Gasteiger partial charge in [-0.1, -0.05) is 40.2 Å². The second-order valence-electron chi connectivity index (χ2n) is 6.76. The highest BCUT2D eigenvalue weighted by atomic mass is 79.9. The Balaban J connectivity index is 1.90. The van der Waals surface area contributed by atoms with E-state index in [0.29, 0.717) is 12.8 Å². The lowest BCUT2D eigenvalue weighted by atomic mass is 10.1. The van der Waals surface area contributed by atoms with Gasteiger partial charge in [-0.2, -0.15) is 0 Å². The van der Waals surface area contributed by atoms with Crippen molar-refractivity contribution in [2.45, 2.75) is 50.6 Å². The van der Waals surface area contributed by atoms with E-state index in [1.807, 2.05) is 31.2 Å². The van der Waals surface area contributed by atoms with Gasteiger partial charge in [-0.15, -0.1) is 0 Å². The summed E-state index contributed by atoms with van der Waals surface area (Å²) >= 11 is 3.43. The van der Waals surface area contributed by atoms with Crippen LogP contribution in [0.4, 0.5) is 0 Å². The fourth-order valence-corrected chi connectivity index (χ4v) is 4.31. The van der Waals surface area contributed by atoms with Gasteiger partial charge in [-0.05, 0) is 62.6 Å². The number of amides is 1. The van der Waals surface area contributed by atoms with Gasteiger partial charge in [0.15, 0.2) is 0 Å². The fraction of sp³-hybridized carbons (Fsp3) is 0.350. The van der Waals surface area contributed by atoms with E-state index >= 15 is 0 Å². The zero-order valence-electron chi connectivity index (χ0n) is 15.7. The Hall–Kier alpha value is -1.70. The topological polar surface area (TPSA) is 75.3 Å². The number of hydrogen-bond acceptors (Lipinski definition) is 3. The summed E-state index contributed by atoms with van der Waals surface area (Å²) < 4.78 is 27.8. The molecule has 0 heterocycles. The minimum atomic E-state index is -3.49. The number of benzene rings is 2. The van der Waals surface area contributed by atoms with Crippen LogP contribution in [0, 0.1) is 0 Å². The maximum absolute atomic E-state index is 12.2. The summed E-state index contributed by atoms with van der Waals surface area (Å²) in [5.41, 5.74) is 1.95. The second-order valence-corrected chi connectivity index (χ2v) is 9.39. The molecule has 0 aliphatic carbocycles. The summed E-state index contributed by atoms with van der Waals surface area (Å²) in [5.74, 6) is -0.0411. The molecule has 2 aromatic carbocycles. The number of aryl methyl sites for hydroxylation is 1. The first-order valence-corrected chi connectivity index (χ1v) is 11.1. The molecular weight excluding hydrogens is 428 g/mol. The molecule has 0 unspecified atom stereocenters. The van der Waals surface area contributed by atoms with E-state index < -0.39 is 10.0 Å². The first-order chi connectivity index (χ1) is 12.7. The average Bonchev–Trinajstić information content (AvgIpc) is 2.59. The molecule has 2 N–H and O–H groups in total. The third kappa shape index (κ3) is 6.75. The summed E-state index contributed by atoms with van der Waals surface area (Å²) in [6.07, 6.45) is 0.893. The van der Waals surface area contributed by atoms with Gasteiger partial charge in [0.25, 0.3) is 0 Å². The van der Waals surface area contributed by atoms with Gasteiger partial charge in [0.1, 0.15) is 0 Å². The normalized spacial score (nSPS) is 12.8. The number of hydrogen-bond donors (Lipinski definition) is 2. The molecule has 0 aromatic heterocycles. The van der Waals surface area contributed by atoms with Gasteiger partial charge in [-0.25, -0.2) is 13.1 Å². The molecule has 27 heavy (non-hydrogen) atoms. The summed E-state index contributed by atoms with van der Waals surface area (Å²) in [7, 11) is -3.49. The van der Waals surface area contributed by atoms with Crippen molar-refractivity contribution in [3.05, 3.63) is 64.1 Å². The van der Waals surface area contributed by atoms with Crippen molar-refractivity contribution >= 4 is 31.9 Å². The van der Waals surface area contributed by atoms with Crippen LogP contribution in [0.1, 0.15) is 44.4 Å². The van der Waals surface area contributed by atoms with Gasteiger partial charge < -0.3 is 5.32 Å². The minimum absolute atomic E-state index is 0.0411. The van der Waals surface area contributed by atoms with Crippen molar-refractivity contribution < 1.29 is 13.2 Å². The van der Waals surface area contributed by atoms with E-state index in [1.54, 1.807) is 38.1 Å². The van der Waals surface area contributed by atoms with Crippen molar-refractivity contribution in [2.75, 3.05) is 0 Å². The molecule has 0 bridgehead atoms. The molecule has 0 radical (unpaired) electrons. The Bertz CT molecular complexity index is 880. The molecule has 2 aromatic rings. The zero-order valence-corrected chi connectivity index (χ0v) is 18.1. The van der Waals surface area contributed by atoms with Crippen LogP contribution >= 0.6 is 15.9 Å². The second kappa shape index (κ2) is 9.48. The SMILES string of the molecule is CC(C)NS(=O)(=O)c1ccc(CCC(=O)N[C@H](C)c2cccc(Br)c2)cc1. The maximum atomic E-state index is 12.2. The van der Waals surface area contributed by atoms with Crippen molar-refractivity contribution in [3.8, 4) is 0 Å². The highest BCUT2D eigenvalue weighted by molar-refractivity contribution is 9.10. The molecule has 146 valence electrons. The van der Waals surface area contributed by atoms with Crippen molar-refractivity contribution in [1.29, 1.82) is 0 Å². The molecule has 0 saturated heterocycles. The lowest BCUT2D eigenvalue weighted by molar-refractivity contribution is -0.121. The molecule has 1 amide bonds. The molecular formula is C20H25BrN2O3S. The molecule has 0 spiro atoms. The van der Waals surface area contributed by atoms with E-state index in [0.717, 1.165) is 15.6 Å². The highest BCUT2D eigenvalue weighted by Gasteiger charge is 2.15. The van der Waals surface area contributed by atoms with E-state index in [2.05, 4.69) is 26.0 Å². The molecule has 1 atom stereocenters. The number of carbonyl (C=O) groups excluding carboxylic acids is 1. The standard InChI is InChI=1S/C20H25BrN2O3S/c1-14(2)23-27(25,26)19-10-7-16(8-11-19)9-12-20(24)22-15(3)17-5-4-6-18(21)13-17/h4-8,10-11,13-15,23H,9,12H2,1-3H3,(H,22,24)/t15-/m1/s1. The van der Waals surface area contributed by atoms with Crippen LogP contribution < -0.4 is 10.0 Å². The van der Waals surface area contributed by atoms with Gasteiger partial charge in [0.05, 0.1) is 10.9 Å². The summed E-state index contributed by atoms with van der Waals surface area (Å²) in [6.45, 7) is 5.50. The molecule has 0 aliphatic heterocycles. The number of halogens is 1. The lowest BCUT2D eigenvalue weighted by Crippen LogP contribution is -2.30. The van der Waals surface area contributed by atoms with Crippen LogP contribution in [0.15, 0.2) is 57.9 Å². The number of carbonyl (C=O) groups is 1. The fourth-order valence-electron chi connectivity index (χ4n) is 2.64. The first kappa shape index (κ1) is 21.6. The van der Waals surface area contributed by atoms with Crippen molar-refractivity contribution in [2.24, 2.45) is 0 Å². The van der Waals surface area contributed by atoms with Crippen LogP contribution in [0.2, 0.25) is 0 Å². The van der Waals surface area contributed by atoms with Crippen LogP contribution in [-0.2, 0) is 21.2 Å². The molecule has 7 heteroatoms. The smallest absolute Gasteiger partial charge is 0.240 e. The largest absolute Gasteiger partial charge is 0.350 e. The summed E-state index contributed by atoms with van der Waals surface area (Å²) in [5, 5.41) is 2.99.